The van der Waals surface area contributed by atoms with E-state index in [1.165, 1.54) is 0 Å². The van der Waals surface area contributed by atoms with Crippen LogP contribution in [0.1, 0.15) is 0 Å². The van der Waals surface area contributed by atoms with Crippen molar-refractivity contribution >= 4 is 10.4 Å². The van der Waals surface area contributed by atoms with Crippen LogP contribution in [0, 0.1) is 0 Å². The van der Waals surface area contributed by atoms with E-state index in [-0.39, 0.29) is 58.2 Å². The maximum Gasteiger partial charge on any atom is 1.00 e. The van der Waals surface area contributed by atoms with Gasteiger partial charge in [0.25, 0.3) is 0 Å². The summed E-state index contributed by atoms with van der Waals surface area (Å²) < 4.78 is 34.1. The quantitative estimate of drug-likeness (QED) is 0.280. The maximum absolute atomic E-state index is 8.52. The molecule has 0 fully saturated rings. The predicted octanol–water partition coefficient (Wildman–Crippen LogP) is -4.33. The monoisotopic (exact) mass is 181 g/mol. The minimum absolute atomic E-state index is 0. The van der Waals surface area contributed by atoms with Crippen LogP contribution in [0.5, 0.6) is 0 Å². The van der Waals surface area contributed by atoms with Gasteiger partial charge in [-0.05, 0) is 0 Å². The summed E-state index contributed by atoms with van der Waals surface area (Å²) in [7, 11) is -5.17. The predicted molar refractivity (Wildman–Crippen MR) is 10.5 cm³/mol. The van der Waals surface area contributed by atoms with E-state index in [2.05, 4.69) is 0 Å². The molecule has 0 aromatic heterocycles. The van der Waals surface area contributed by atoms with Gasteiger partial charge in [0.15, 0.2) is 0 Å². The number of hydrogen-bond acceptors (Lipinski definition) is 4. The number of rotatable bonds is 0. The minimum atomic E-state index is -5.17. The zero-order chi connectivity index (χ0) is 4.50. The molecule has 6 heteroatoms. The van der Waals surface area contributed by atoms with Crippen molar-refractivity contribution < 1.29 is 75.7 Å². The van der Waals surface area contributed by atoms with Crippen molar-refractivity contribution in [1.82, 2.24) is 0 Å². The molecule has 32 valence electrons. The second-order valence-corrected chi connectivity index (χ2v) is 1.22. The Labute approximate surface area is 84.3 Å². The van der Waals surface area contributed by atoms with Crippen LogP contribution in [0.2, 0.25) is 0 Å². The molecule has 0 bridgehead atoms. The third-order valence-corrected chi connectivity index (χ3v) is 0. The van der Waals surface area contributed by atoms with E-state index in [1.807, 2.05) is 0 Å². The molecule has 0 aromatic carbocycles. The van der Waals surface area contributed by atoms with Crippen LogP contribution in [-0.4, -0.2) is 17.5 Å². The first-order chi connectivity index (χ1) is 2.00. The second-order valence-electron chi connectivity index (χ2n) is 0.408. The molecular formula is O4RbS-. The molecule has 6 heavy (non-hydrogen) atoms. The molecule has 0 aliphatic rings. The first kappa shape index (κ1) is 10.6. The summed E-state index contributed by atoms with van der Waals surface area (Å²) in [6, 6.07) is 0. The van der Waals surface area contributed by atoms with Gasteiger partial charge < -0.3 is 9.11 Å². The van der Waals surface area contributed by atoms with E-state index in [0.29, 0.717) is 0 Å². The van der Waals surface area contributed by atoms with Gasteiger partial charge in [0, 0.05) is 10.4 Å². The maximum atomic E-state index is 8.52. The summed E-state index contributed by atoms with van der Waals surface area (Å²) in [5.74, 6) is 0. The standard InChI is InChI=1S/H2O4S.Rb/c1-5(2,3)4;/h(H2,1,2,3,4);/q;+1/p-2. The zero-order valence-corrected chi connectivity index (χ0v) is 8.77. The molecule has 0 unspecified atom stereocenters. The van der Waals surface area contributed by atoms with Crippen LogP contribution in [0.3, 0.4) is 0 Å². The second kappa shape index (κ2) is 3.65. The van der Waals surface area contributed by atoms with Crippen LogP contribution in [0.4, 0.5) is 0 Å². The molecular weight excluding hydrogens is 182 g/mol. The summed E-state index contributed by atoms with van der Waals surface area (Å²) in [5, 5.41) is 0. The summed E-state index contributed by atoms with van der Waals surface area (Å²) in [6.45, 7) is 0. The summed E-state index contributed by atoms with van der Waals surface area (Å²) in [5.41, 5.74) is 0. The van der Waals surface area contributed by atoms with Crippen molar-refractivity contribution in [2.24, 2.45) is 0 Å². The van der Waals surface area contributed by atoms with Gasteiger partial charge >= 0.3 is 58.2 Å². The minimum Gasteiger partial charge on any atom is -0.759 e. The van der Waals surface area contributed by atoms with Crippen LogP contribution >= 0.6 is 0 Å². The van der Waals surface area contributed by atoms with Gasteiger partial charge in [-0.25, -0.2) is 0 Å². The van der Waals surface area contributed by atoms with Crippen LogP contribution < -0.4 is 58.2 Å². The Morgan fingerprint density at radius 1 is 1.17 bits per heavy atom. The van der Waals surface area contributed by atoms with Gasteiger partial charge in [-0.1, -0.05) is 0 Å². The molecule has 4 nitrogen and oxygen atoms in total. The molecule has 0 saturated carbocycles. The van der Waals surface area contributed by atoms with Crippen molar-refractivity contribution in [1.29, 1.82) is 0 Å². The summed E-state index contributed by atoms with van der Waals surface area (Å²) in [4.78, 5) is 0. The Kier molecular flexibility index (Phi) is 6.46. The normalized spacial score (nSPS) is 9.67. The smallest absolute Gasteiger partial charge is 0.759 e. The van der Waals surface area contributed by atoms with Crippen molar-refractivity contribution in [2.45, 2.75) is 0 Å². The molecule has 0 rings (SSSR count). The van der Waals surface area contributed by atoms with Crippen LogP contribution in [-0.2, 0) is 10.4 Å². The molecule has 0 heterocycles. The molecule has 0 aromatic rings. The van der Waals surface area contributed by atoms with E-state index >= 15 is 0 Å². The van der Waals surface area contributed by atoms with E-state index in [0.717, 1.165) is 0 Å². The van der Waals surface area contributed by atoms with Crippen LogP contribution in [0.15, 0.2) is 0 Å². The molecule has 0 N–H and O–H groups in total. The summed E-state index contributed by atoms with van der Waals surface area (Å²) >= 11 is 0. The van der Waals surface area contributed by atoms with Crippen LogP contribution in [0.25, 0.3) is 0 Å². The average Bonchev–Trinajstić information content (AvgIpc) is 0.722. The Morgan fingerprint density at radius 2 is 1.17 bits per heavy atom. The van der Waals surface area contributed by atoms with Crippen molar-refractivity contribution in [3.8, 4) is 0 Å². The van der Waals surface area contributed by atoms with Crippen molar-refractivity contribution in [2.75, 3.05) is 0 Å². The van der Waals surface area contributed by atoms with Crippen molar-refractivity contribution in [3.63, 3.8) is 0 Å². The Balaban J connectivity index is 0. The SMILES string of the molecule is O=S(=O)([O-])[O-].[Rb+]. The average molecular weight is 182 g/mol. The van der Waals surface area contributed by atoms with E-state index < -0.39 is 10.4 Å². The van der Waals surface area contributed by atoms with Gasteiger partial charge in [0.1, 0.15) is 0 Å². The fraction of sp³-hybridized carbons (Fsp3) is 0. The topological polar surface area (TPSA) is 80.3 Å². The first-order valence-corrected chi connectivity index (χ1v) is 2.00. The molecule has 0 atom stereocenters. The van der Waals surface area contributed by atoms with E-state index in [9.17, 15) is 0 Å². The van der Waals surface area contributed by atoms with Gasteiger partial charge in [0.2, 0.25) is 0 Å². The summed E-state index contributed by atoms with van der Waals surface area (Å²) in [6.07, 6.45) is 0. The van der Waals surface area contributed by atoms with Gasteiger partial charge in [-0.2, -0.15) is 0 Å². The van der Waals surface area contributed by atoms with Crippen molar-refractivity contribution in [3.05, 3.63) is 0 Å². The largest absolute Gasteiger partial charge is 1.00 e. The fourth-order valence-corrected chi connectivity index (χ4v) is 0. The Morgan fingerprint density at radius 3 is 1.17 bits per heavy atom. The molecule has 0 saturated heterocycles. The molecule has 0 radical (unpaired) electrons. The molecule has 0 amide bonds. The Hall–Kier alpha value is 1.68. The van der Waals surface area contributed by atoms with Gasteiger partial charge in [0.05, 0.1) is 0 Å². The van der Waals surface area contributed by atoms with Gasteiger partial charge in [-0.15, -0.1) is 0 Å². The van der Waals surface area contributed by atoms with E-state index in [4.69, 9.17) is 17.5 Å². The zero-order valence-electron chi connectivity index (χ0n) is 3.04. The number of hydrogen-bond donors (Lipinski definition) is 0. The molecule has 0 aliphatic heterocycles. The molecule has 0 spiro atoms. The fourth-order valence-electron chi connectivity index (χ4n) is 0. The van der Waals surface area contributed by atoms with E-state index in [1.54, 1.807) is 0 Å². The molecule has 0 aliphatic carbocycles. The first-order valence-electron chi connectivity index (χ1n) is 0.667. The Bertz CT molecular complexity index is 90.7. The third-order valence-electron chi connectivity index (χ3n) is 0. The van der Waals surface area contributed by atoms with Gasteiger partial charge in [-0.3, -0.25) is 8.42 Å². The third kappa shape index (κ3) is 44.2.